The molecule has 72 valence electrons. The lowest BCUT2D eigenvalue weighted by Crippen LogP contribution is -1.99. The van der Waals surface area contributed by atoms with Gasteiger partial charge < -0.3 is 14.2 Å². The SMILES string of the molecule is COCOc1ccc(F)c(OC)c1. The Labute approximate surface area is 76.0 Å². The van der Waals surface area contributed by atoms with Gasteiger partial charge in [-0.15, -0.1) is 0 Å². The zero-order valence-electron chi connectivity index (χ0n) is 7.54. The number of ether oxygens (including phenoxy) is 3. The minimum absolute atomic E-state index is 0.134. The number of hydrogen-bond acceptors (Lipinski definition) is 3. The van der Waals surface area contributed by atoms with Gasteiger partial charge in [-0.25, -0.2) is 4.39 Å². The number of halogens is 1. The van der Waals surface area contributed by atoms with E-state index < -0.39 is 5.82 Å². The Morgan fingerprint density at radius 2 is 2.08 bits per heavy atom. The van der Waals surface area contributed by atoms with Crippen LogP contribution in [0.3, 0.4) is 0 Å². The first kappa shape index (κ1) is 9.80. The molecule has 0 aliphatic rings. The first-order valence-electron chi connectivity index (χ1n) is 3.73. The molecular weight excluding hydrogens is 175 g/mol. The first-order chi connectivity index (χ1) is 6.27. The summed E-state index contributed by atoms with van der Waals surface area (Å²) in [6.07, 6.45) is 0. The van der Waals surface area contributed by atoms with E-state index in [0.29, 0.717) is 5.75 Å². The molecular formula is C9H11FO3. The van der Waals surface area contributed by atoms with Crippen molar-refractivity contribution < 1.29 is 18.6 Å². The number of benzene rings is 1. The predicted molar refractivity (Wildman–Crippen MR) is 45.5 cm³/mol. The Hall–Kier alpha value is -1.29. The van der Waals surface area contributed by atoms with Crippen molar-refractivity contribution in [3.8, 4) is 11.5 Å². The average Bonchev–Trinajstić information content (AvgIpc) is 2.16. The van der Waals surface area contributed by atoms with Crippen molar-refractivity contribution in [2.75, 3.05) is 21.0 Å². The van der Waals surface area contributed by atoms with Crippen LogP contribution >= 0.6 is 0 Å². The van der Waals surface area contributed by atoms with Crippen LogP contribution in [-0.2, 0) is 4.74 Å². The molecule has 0 bridgehead atoms. The van der Waals surface area contributed by atoms with Crippen molar-refractivity contribution in [1.82, 2.24) is 0 Å². The maximum Gasteiger partial charge on any atom is 0.188 e. The van der Waals surface area contributed by atoms with Gasteiger partial charge in [0, 0.05) is 13.2 Å². The normalized spacial score (nSPS) is 9.77. The second kappa shape index (κ2) is 4.67. The standard InChI is InChI=1S/C9H11FO3/c1-11-6-13-7-3-4-8(10)9(5-7)12-2/h3-5H,6H2,1-2H3. The summed E-state index contributed by atoms with van der Waals surface area (Å²) < 4.78 is 27.4. The molecule has 0 aromatic heterocycles. The van der Waals surface area contributed by atoms with Crippen molar-refractivity contribution >= 4 is 0 Å². The summed E-state index contributed by atoms with van der Waals surface area (Å²) in [5, 5.41) is 0. The minimum atomic E-state index is -0.410. The van der Waals surface area contributed by atoms with Gasteiger partial charge >= 0.3 is 0 Å². The van der Waals surface area contributed by atoms with E-state index in [2.05, 4.69) is 0 Å². The quantitative estimate of drug-likeness (QED) is 0.671. The molecule has 0 radical (unpaired) electrons. The van der Waals surface area contributed by atoms with Gasteiger partial charge in [0.25, 0.3) is 0 Å². The van der Waals surface area contributed by atoms with Crippen molar-refractivity contribution in [3.05, 3.63) is 24.0 Å². The van der Waals surface area contributed by atoms with E-state index in [9.17, 15) is 4.39 Å². The molecule has 0 fully saturated rings. The largest absolute Gasteiger partial charge is 0.494 e. The molecule has 0 spiro atoms. The highest BCUT2D eigenvalue weighted by Crippen LogP contribution is 2.22. The highest BCUT2D eigenvalue weighted by atomic mass is 19.1. The van der Waals surface area contributed by atoms with E-state index in [1.807, 2.05) is 0 Å². The molecule has 13 heavy (non-hydrogen) atoms. The van der Waals surface area contributed by atoms with Gasteiger partial charge in [-0.3, -0.25) is 0 Å². The van der Waals surface area contributed by atoms with Crippen LogP contribution in [0.5, 0.6) is 11.5 Å². The molecule has 4 heteroatoms. The maximum atomic E-state index is 12.9. The van der Waals surface area contributed by atoms with Gasteiger partial charge in [0.05, 0.1) is 7.11 Å². The molecule has 1 rings (SSSR count). The lowest BCUT2D eigenvalue weighted by Gasteiger charge is -2.06. The van der Waals surface area contributed by atoms with Gasteiger partial charge in [-0.1, -0.05) is 0 Å². The Kier molecular flexibility index (Phi) is 3.52. The summed E-state index contributed by atoms with van der Waals surface area (Å²) in [6.45, 7) is 0.134. The van der Waals surface area contributed by atoms with Crippen molar-refractivity contribution in [2.24, 2.45) is 0 Å². The van der Waals surface area contributed by atoms with Gasteiger partial charge in [0.15, 0.2) is 18.4 Å². The molecule has 0 atom stereocenters. The topological polar surface area (TPSA) is 27.7 Å². The molecule has 0 amide bonds. The van der Waals surface area contributed by atoms with Crippen LogP contribution in [0.25, 0.3) is 0 Å². The van der Waals surface area contributed by atoms with Crippen molar-refractivity contribution in [2.45, 2.75) is 0 Å². The summed E-state index contributed by atoms with van der Waals surface area (Å²) in [5.41, 5.74) is 0. The van der Waals surface area contributed by atoms with Crippen LogP contribution in [0.1, 0.15) is 0 Å². The van der Waals surface area contributed by atoms with Crippen molar-refractivity contribution in [3.63, 3.8) is 0 Å². The van der Waals surface area contributed by atoms with Crippen molar-refractivity contribution in [1.29, 1.82) is 0 Å². The summed E-state index contributed by atoms with van der Waals surface area (Å²) >= 11 is 0. The first-order valence-corrected chi connectivity index (χ1v) is 3.73. The molecule has 0 saturated heterocycles. The van der Waals surface area contributed by atoms with Crippen LogP contribution in [0.2, 0.25) is 0 Å². The summed E-state index contributed by atoms with van der Waals surface area (Å²) in [4.78, 5) is 0. The Bertz CT molecular complexity index is 276. The molecule has 0 heterocycles. The van der Waals surface area contributed by atoms with Crippen LogP contribution < -0.4 is 9.47 Å². The van der Waals surface area contributed by atoms with E-state index in [-0.39, 0.29) is 12.5 Å². The molecule has 1 aromatic rings. The molecule has 0 N–H and O–H groups in total. The third-order valence-electron chi connectivity index (χ3n) is 1.47. The third kappa shape index (κ3) is 2.59. The highest BCUT2D eigenvalue weighted by Gasteiger charge is 2.03. The Balaban J connectivity index is 2.74. The molecule has 3 nitrogen and oxygen atoms in total. The molecule has 0 unspecified atom stereocenters. The lowest BCUT2D eigenvalue weighted by atomic mass is 10.3. The number of hydrogen-bond donors (Lipinski definition) is 0. The third-order valence-corrected chi connectivity index (χ3v) is 1.47. The zero-order valence-corrected chi connectivity index (χ0v) is 7.54. The second-order valence-electron chi connectivity index (χ2n) is 2.35. The summed E-state index contributed by atoms with van der Waals surface area (Å²) in [6, 6.07) is 4.26. The molecule has 0 aliphatic carbocycles. The molecule has 0 saturated carbocycles. The van der Waals surface area contributed by atoms with Gasteiger partial charge in [0.1, 0.15) is 5.75 Å². The Morgan fingerprint density at radius 3 is 2.69 bits per heavy atom. The monoisotopic (exact) mass is 186 g/mol. The second-order valence-corrected chi connectivity index (χ2v) is 2.35. The van der Waals surface area contributed by atoms with Gasteiger partial charge in [0.2, 0.25) is 0 Å². The molecule has 0 aliphatic heterocycles. The van der Waals surface area contributed by atoms with Crippen LogP contribution in [0, 0.1) is 5.82 Å². The Morgan fingerprint density at radius 1 is 1.31 bits per heavy atom. The van der Waals surface area contributed by atoms with Gasteiger partial charge in [-0.2, -0.15) is 0 Å². The van der Waals surface area contributed by atoms with Crippen LogP contribution in [-0.4, -0.2) is 21.0 Å². The minimum Gasteiger partial charge on any atom is -0.494 e. The fourth-order valence-corrected chi connectivity index (χ4v) is 0.857. The number of methoxy groups -OCH3 is 2. The lowest BCUT2D eigenvalue weighted by molar-refractivity contribution is 0.0509. The van der Waals surface area contributed by atoms with Crippen LogP contribution in [0.15, 0.2) is 18.2 Å². The predicted octanol–water partition coefficient (Wildman–Crippen LogP) is 1.82. The van der Waals surface area contributed by atoms with Gasteiger partial charge in [-0.05, 0) is 12.1 Å². The van der Waals surface area contributed by atoms with E-state index in [0.717, 1.165) is 0 Å². The summed E-state index contributed by atoms with van der Waals surface area (Å²) in [7, 11) is 2.92. The number of rotatable bonds is 4. The smallest absolute Gasteiger partial charge is 0.188 e. The highest BCUT2D eigenvalue weighted by molar-refractivity contribution is 5.34. The fraction of sp³-hybridized carbons (Fsp3) is 0.333. The van der Waals surface area contributed by atoms with E-state index in [1.165, 1.54) is 32.4 Å². The summed E-state index contributed by atoms with van der Waals surface area (Å²) in [5.74, 6) is 0.265. The zero-order chi connectivity index (χ0) is 9.68. The van der Waals surface area contributed by atoms with E-state index in [1.54, 1.807) is 0 Å². The average molecular weight is 186 g/mol. The maximum absolute atomic E-state index is 12.9. The van der Waals surface area contributed by atoms with E-state index >= 15 is 0 Å². The molecule has 1 aromatic carbocycles. The fourth-order valence-electron chi connectivity index (χ4n) is 0.857. The van der Waals surface area contributed by atoms with E-state index in [4.69, 9.17) is 14.2 Å². The van der Waals surface area contributed by atoms with Crippen LogP contribution in [0.4, 0.5) is 4.39 Å².